The van der Waals surface area contributed by atoms with Crippen LogP contribution in [0.5, 0.6) is 0 Å². The van der Waals surface area contributed by atoms with Gasteiger partial charge in [-0.15, -0.1) is 0 Å². The number of nitrogens with zero attached hydrogens (tertiary/aromatic N) is 1. The lowest BCUT2D eigenvalue weighted by atomic mass is 10.1. The highest BCUT2D eigenvalue weighted by molar-refractivity contribution is 6.00. The highest BCUT2D eigenvalue weighted by Crippen LogP contribution is 2.20. The number of benzene rings is 1. The number of nitrogens with one attached hydrogen (secondary N) is 1. The van der Waals surface area contributed by atoms with Crippen LogP contribution in [0.15, 0.2) is 24.3 Å². The first-order valence-electron chi connectivity index (χ1n) is 10.8. The minimum absolute atomic E-state index is 0.159. The molecule has 0 aromatic heterocycles. The lowest BCUT2D eigenvalue weighted by molar-refractivity contribution is -0.140. The molecule has 1 rings (SSSR count). The largest absolute Gasteiger partial charge is 0.468 e. The van der Waals surface area contributed by atoms with E-state index in [2.05, 4.69) is 12.2 Å². The average Bonchev–Trinajstić information content (AvgIpc) is 2.77. The monoisotopic (exact) mass is 420 g/mol. The molecule has 0 saturated heterocycles. The van der Waals surface area contributed by atoms with Gasteiger partial charge in [0.1, 0.15) is 13.1 Å². The fraction of sp³-hybridized carbons (Fsp3) is 0.609. The summed E-state index contributed by atoms with van der Waals surface area (Å²) >= 11 is 0. The van der Waals surface area contributed by atoms with E-state index < -0.39 is 11.9 Å². The number of unbranched alkanes of at least 4 members (excludes halogenated alkanes) is 7. The fourth-order valence-corrected chi connectivity index (χ4v) is 3.16. The predicted molar refractivity (Wildman–Crippen MR) is 118 cm³/mol. The Bertz CT molecular complexity index is 645. The quantitative estimate of drug-likeness (QED) is 0.344. The zero-order valence-corrected chi connectivity index (χ0v) is 18.6. The molecule has 1 aromatic carbocycles. The molecule has 7 nitrogen and oxygen atoms in total. The molecule has 0 radical (unpaired) electrons. The molecule has 168 valence electrons. The summed E-state index contributed by atoms with van der Waals surface area (Å²) in [4.78, 5) is 37.8. The molecule has 0 aliphatic heterocycles. The van der Waals surface area contributed by atoms with E-state index in [4.69, 9.17) is 9.47 Å². The Morgan fingerprint density at radius 3 is 1.93 bits per heavy atom. The van der Waals surface area contributed by atoms with Crippen LogP contribution in [0.25, 0.3) is 0 Å². The predicted octanol–water partition coefficient (Wildman–Crippen LogP) is 3.71. The summed E-state index contributed by atoms with van der Waals surface area (Å²) in [6.07, 6.45) is 9.58. The highest BCUT2D eigenvalue weighted by atomic mass is 16.5. The van der Waals surface area contributed by atoms with Crippen molar-refractivity contribution < 1.29 is 23.9 Å². The summed E-state index contributed by atoms with van der Waals surface area (Å²) in [7, 11) is 2.56. The van der Waals surface area contributed by atoms with Gasteiger partial charge in [0.25, 0.3) is 5.91 Å². The van der Waals surface area contributed by atoms with Gasteiger partial charge < -0.3 is 19.7 Å². The van der Waals surface area contributed by atoms with Crippen molar-refractivity contribution in [1.82, 2.24) is 5.32 Å². The number of rotatable bonds is 15. The van der Waals surface area contributed by atoms with Crippen molar-refractivity contribution in [3.05, 3.63) is 29.8 Å². The number of ether oxygens (including phenoxy) is 2. The third-order valence-electron chi connectivity index (χ3n) is 4.90. The van der Waals surface area contributed by atoms with Crippen LogP contribution in [0.3, 0.4) is 0 Å². The van der Waals surface area contributed by atoms with Gasteiger partial charge in [0.2, 0.25) is 0 Å². The maximum absolute atomic E-state index is 12.7. The number of carbonyl (C=O) groups excluding carboxylic acids is 3. The molecule has 0 fully saturated rings. The van der Waals surface area contributed by atoms with Crippen molar-refractivity contribution in [3.63, 3.8) is 0 Å². The molecule has 0 aliphatic rings. The van der Waals surface area contributed by atoms with Crippen LogP contribution in [0, 0.1) is 0 Å². The van der Waals surface area contributed by atoms with Crippen molar-refractivity contribution in [2.45, 2.75) is 58.3 Å². The normalized spacial score (nSPS) is 10.4. The van der Waals surface area contributed by atoms with E-state index in [-0.39, 0.29) is 19.0 Å². The molecule has 0 saturated carbocycles. The van der Waals surface area contributed by atoms with Gasteiger partial charge in [0.05, 0.1) is 25.5 Å². The highest BCUT2D eigenvalue weighted by Gasteiger charge is 2.21. The first kappa shape index (κ1) is 25.5. The molecule has 1 aromatic rings. The summed E-state index contributed by atoms with van der Waals surface area (Å²) in [5.41, 5.74) is 0.895. The number of hydrogen-bond acceptors (Lipinski definition) is 6. The third kappa shape index (κ3) is 9.76. The van der Waals surface area contributed by atoms with Gasteiger partial charge in [-0.25, -0.2) is 0 Å². The van der Waals surface area contributed by atoms with Crippen molar-refractivity contribution in [2.75, 3.05) is 38.8 Å². The van der Waals surface area contributed by atoms with Gasteiger partial charge in [0, 0.05) is 6.54 Å². The molecule has 1 amide bonds. The topological polar surface area (TPSA) is 84.9 Å². The summed E-state index contributed by atoms with van der Waals surface area (Å²) in [6.45, 7) is 2.49. The van der Waals surface area contributed by atoms with Crippen molar-refractivity contribution in [1.29, 1.82) is 0 Å². The standard InChI is InChI=1S/C23H36N2O5/c1-4-5-6-7-8-9-10-13-16-24-23(28)19-14-11-12-15-20(19)25(17-21(26)29-2)18-22(27)30-3/h11-12,14-15H,4-10,13,16-18H2,1-3H3,(H,24,28). The Morgan fingerprint density at radius 2 is 1.37 bits per heavy atom. The first-order chi connectivity index (χ1) is 14.5. The van der Waals surface area contributed by atoms with Gasteiger partial charge in [-0.1, -0.05) is 64.0 Å². The number of anilines is 1. The van der Waals surface area contributed by atoms with Gasteiger partial charge >= 0.3 is 11.9 Å². The number of methoxy groups -OCH3 is 2. The van der Waals surface area contributed by atoms with E-state index >= 15 is 0 Å². The molecule has 30 heavy (non-hydrogen) atoms. The molecule has 0 unspecified atom stereocenters. The first-order valence-corrected chi connectivity index (χ1v) is 10.8. The van der Waals surface area contributed by atoms with Gasteiger partial charge in [-0.05, 0) is 18.6 Å². The van der Waals surface area contributed by atoms with E-state index in [0.29, 0.717) is 17.8 Å². The van der Waals surface area contributed by atoms with Crippen LogP contribution in [-0.4, -0.2) is 51.7 Å². The average molecular weight is 421 g/mol. The van der Waals surface area contributed by atoms with Crippen LogP contribution in [0.2, 0.25) is 0 Å². The molecular formula is C23H36N2O5. The molecule has 7 heteroatoms. The Hall–Kier alpha value is -2.57. The van der Waals surface area contributed by atoms with E-state index in [0.717, 1.165) is 12.8 Å². The number of amides is 1. The van der Waals surface area contributed by atoms with Crippen molar-refractivity contribution in [2.24, 2.45) is 0 Å². The van der Waals surface area contributed by atoms with Gasteiger partial charge in [-0.2, -0.15) is 0 Å². The Kier molecular flexibility index (Phi) is 13.0. The molecule has 0 aliphatic carbocycles. The van der Waals surface area contributed by atoms with Crippen LogP contribution < -0.4 is 10.2 Å². The molecule has 0 spiro atoms. The van der Waals surface area contributed by atoms with E-state index in [1.54, 1.807) is 24.3 Å². The molecular weight excluding hydrogens is 384 g/mol. The van der Waals surface area contributed by atoms with Crippen LogP contribution in [0.4, 0.5) is 5.69 Å². The second-order valence-corrected chi connectivity index (χ2v) is 7.26. The lowest BCUT2D eigenvalue weighted by Gasteiger charge is -2.24. The van der Waals surface area contributed by atoms with Crippen molar-refractivity contribution in [3.8, 4) is 0 Å². The van der Waals surface area contributed by atoms with Crippen LogP contribution in [0.1, 0.15) is 68.6 Å². The van der Waals surface area contributed by atoms with Crippen LogP contribution >= 0.6 is 0 Å². The number of para-hydroxylation sites is 1. The third-order valence-corrected chi connectivity index (χ3v) is 4.90. The minimum Gasteiger partial charge on any atom is -0.468 e. The number of carbonyl (C=O) groups is 3. The van der Waals surface area contributed by atoms with Crippen molar-refractivity contribution >= 4 is 23.5 Å². The summed E-state index contributed by atoms with van der Waals surface area (Å²) in [5.74, 6) is -1.24. The maximum atomic E-state index is 12.7. The van der Waals surface area contributed by atoms with E-state index in [9.17, 15) is 14.4 Å². The summed E-state index contributed by atoms with van der Waals surface area (Å²) < 4.78 is 9.44. The summed E-state index contributed by atoms with van der Waals surface area (Å²) in [6, 6.07) is 6.90. The lowest BCUT2D eigenvalue weighted by Crippen LogP contribution is -2.37. The second-order valence-electron chi connectivity index (χ2n) is 7.26. The molecule has 1 N–H and O–H groups in total. The number of esters is 2. The maximum Gasteiger partial charge on any atom is 0.325 e. The van der Waals surface area contributed by atoms with E-state index in [1.165, 1.54) is 57.6 Å². The Morgan fingerprint density at radius 1 is 0.833 bits per heavy atom. The van der Waals surface area contributed by atoms with E-state index in [1.807, 2.05) is 0 Å². The Balaban J connectivity index is 2.63. The Labute approximate surface area is 180 Å². The van der Waals surface area contributed by atoms with Crippen LogP contribution in [-0.2, 0) is 19.1 Å². The number of hydrogen-bond donors (Lipinski definition) is 1. The zero-order valence-electron chi connectivity index (χ0n) is 18.6. The molecule has 0 heterocycles. The summed E-state index contributed by atoms with van der Waals surface area (Å²) in [5, 5.41) is 2.94. The second kappa shape index (κ2) is 15.3. The van der Waals surface area contributed by atoms with Gasteiger partial charge in [0.15, 0.2) is 0 Å². The molecule has 0 bridgehead atoms. The zero-order chi connectivity index (χ0) is 22.2. The SMILES string of the molecule is CCCCCCCCCCNC(=O)c1ccccc1N(CC(=O)OC)CC(=O)OC. The smallest absolute Gasteiger partial charge is 0.325 e. The van der Waals surface area contributed by atoms with Gasteiger partial charge in [-0.3, -0.25) is 14.4 Å². The fourth-order valence-electron chi connectivity index (χ4n) is 3.16. The molecule has 0 atom stereocenters. The minimum atomic E-state index is -0.506.